The standard InChI is InChI=1S/C17H19N9O.C2HF3O2/c27-15-7-12(26-21-3-4-22-26)8-19-16(15)13-9-20-17(24-23-13)25-6-5-18-14(10-25)11-1-2-11;3-2(4,5)1(6)7/h3-4,7-9,11,14,18,27H,1-2,5-6,10H2;(H,6,7)/t14-;/m1./s1. The predicted molar refractivity (Wildman–Crippen MR) is 110 cm³/mol. The Bertz CT molecular complexity index is 1120. The molecule has 1 saturated heterocycles. The van der Waals surface area contributed by atoms with E-state index in [1.54, 1.807) is 24.8 Å². The third-order valence-corrected chi connectivity index (χ3v) is 5.22. The Balaban J connectivity index is 0.000000344. The number of alkyl halides is 3. The van der Waals surface area contributed by atoms with Gasteiger partial charge in [-0.15, -0.1) is 15.0 Å². The molecule has 0 unspecified atom stereocenters. The first kappa shape index (κ1) is 23.3. The molecule has 3 N–H and O–H groups in total. The summed E-state index contributed by atoms with van der Waals surface area (Å²) >= 11 is 0. The van der Waals surface area contributed by atoms with Gasteiger partial charge in [0.15, 0.2) is 0 Å². The number of nitrogens with one attached hydrogen (secondary N) is 1. The van der Waals surface area contributed by atoms with Crippen molar-refractivity contribution >= 4 is 11.9 Å². The van der Waals surface area contributed by atoms with Crippen LogP contribution in [0.3, 0.4) is 0 Å². The lowest BCUT2D eigenvalue weighted by Gasteiger charge is -2.33. The smallest absolute Gasteiger partial charge is 0.490 e. The van der Waals surface area contributed by atoms with Crippen molar-refractivity contribution in [3.8, 4) is 22.8 Å². The van der Waals surface area contributed by atoms with E-state index >= 15 is 0 Å². The van der Waals surface area contributed by atoms with E-state index in [9.17, 15) is 18.3 Å². The number of pyridine rings is 1. The first-order chi connectivity index (χ1) is 16.2. The molecule has 0 amide bonds. The van der Waals surface area contributed by atoms with Crippen LogP contribution in [0.5, 0.6) is 5.75 Å². The zero-order valence-electron chi connectivity index (χ0n) is 17.6. The number of hydrogen-bond donors (Lipinski definition) is 3. The van der Waals surface area contributed by atoms with E-state index in [4.69, 9.17) is 9.90 Å². The van der Waals surface area contributed by atoms with Crippen LogP contribution in [-0.2, 0) is 4.79 Å². The molecular weight excluding hydrogens is 459 g/mol. The summed E-state index contributed by atoms with van der Waals surface area (Å²) in [5.41, 5.74) is 1.31. The summed E-state index contributed by atoms with van der Waals surface area (Å²) in [7, 11) is 0. The maximum Gasteiger partial charge on any atom is 0.490 e. The average molecular weight is 479 g/mol. The molecule has 2 fully saturated rings. The number of rotatable bonds is 4. The second-order valence-electron chi connectivity index (χ2n) is 7.67. The topological polar surface area (TPSA) is 155 Å². The molecule has 0 radical (unpaired) electrons. The van der Waals surface area contributed by atoms with E-state index in [0.29, 0.717) is 29.1 Å². The van der Waals surface area contributed by atoms with Crippen LogP contribution in [0.25, 0.3) is 17.1 Å². The Morgan fingerprint density at radius 1 is 1.12 bits per heavy atom. The van der Waals surface area contributed by atoms with Crippen LogP contribution in [0.2, 0.25) is 0 Å². The van der Waals surface area contributed by atoms with E-state index < -0.39 is 12.1 Å². The molecule has 12 nitrogen and oxygen atoms in total. The van der Waals surface area contributed by atoms with Crippen molar-refractivity contribution in [2.75, 3.05) is 24.5 Å². The minimum atomic E-state index is -5.08. The molecule has 5 rings (SSSR count). The second kappa shape index (κ2) is 9.54. The summed E-state index contributed by atoms with van der Waals surface area (Å²) in [5, 5.41) is 37.5. The number of carboxylic acid groups (broad SMARTS) is 1. The molecule has 2 aliphatic rings. The fraction of sp³-hybridized carbons (Fsp3) is 0.421. The number of anilines is 1. The van der Waals surface area contributed by atoms with Gasteiger partial charge in [0.25, 0.3) is 0 Å². The van der Waals surface area contributed by atoms with Gasteiger partial charge in [-0.2, -0.15) is 23.4 Å². The largest absolute Gasteiger partial charge is 0.506 e. The third-order valence-electron chi connectivity index (χ3n) is 5.22. The number of aromatic hydroxyl groups is 1. The highest BCUT2D eigenvalue weighted by Crippen LogP contribution is 2.34. The minimum Gasteiger partial charge on any atom is -0.506 e. The number of carbonyl (C=O) groups is 1. The van der Waals surface area contributed by atoms with Gasteiger partial charge in [-0.1, -0.05) is 0 Å². The van der Waals surface area contributed by atoms with Gasteiger partial charge in [0.1, 0.15) is 22.8 Å². The average Bonchev–Trinajstić information content (AvgIpc) is 3.53. The van der Waals surface area contributed by atoms with Crippen LogP contribution in [0.1, 0.15) is 12.8 Å². The van der Waals surface area contributed by atoms with Crippen LogP contribution in [-0.4, -0.2) is 83.2 Å². The van der Waals surface area contributed by atoms with Gasteiger partial charge < -0.3 is 20.4 Å². The quantitative estimate of drug-likeness (QED) is 0.491. The van der Waals surface area contributed by atoms with Gasteiger partial charge in [0.2, 0.25) is 5.95 Å². The van der Waals surface area contributed by atoms with Crippen LogP contribution in [0.15, 0.2) is 30.9 Å². The molecule has 0 aromatic carbocycles. The van der Waals surface area contributed by atoms with Gasteiger partial charge in [0.05, 0.1) is 24.8 Å². The number of piperazine rings is 1. The van der Waals surface area contributed by atoms with Gasteiger partial charge >= 0.3 is 12.1 Å². The van der Waals surface area contributed by atoms with Gasteiger partial charge in [-0.05, 0) is 18.8 Å². The first-order valence-corrected chi connectivity index (χ1v) is 10.3. The van der Waals surface area contributed by atoms with E-state index in [1.165, 1.54) is 23.7 Å². The fourth-order valence-electron chi connectivity index (χ4n) is 3.39. The highest BCUT2D eigenvalue weighted by Gasteiger charge is 2.38. The third kappa shape index (κ3) is 5.54. The van der Waals surface area contributed by atoms with Gasteiger partial charge in [0, 0.05) is 31.7 Å². The lowest BCUT2D eigenvalue weighted by Crippen LogP contribution is -2.52. The molecule has 1 saturated carbocycles. The van der Waals surface area contributed by atoms with E-state index in [0.717, 1.165) is 25.6 Å². The Kier molecular flexibility index (Phi) is 6.54. The summed E-state index contributed by atoms with van der Waals surface area (Å²) in [5.74, 6) is -1.39. The highest BCUT2D eigenvalue weighted by molar-refractivity contribution is 5.73. The molecule has 1 aliphatic carbocycles. The van der Waals surface area contributed by atoms with Crippen molar-refractivity contribution in [1.29, 1.82) is 0 Å². The lowest BCUT2D eigenvalue weighted by atomic mass is 10.1. The first-order valence-electron chi connectivity index (χ1n) is 10.3. The molecule has 1 aliphatic heterocycles. The Hall–Kier alpha value is -3.88. The zero-order chi connectivity index (χ0) is 24.3. The monoisotopic (exact) mass is 479 g/mol. The normalized spacial score (nSPS) is 18.2. The van der Waals surface area contributed by atoms with Gasteiger partial charge in [-0.3, -0.25) is 0 Å². The molecule has 3 aromatic rings. The summed E-state index contributed by atoms with van der Waals surface area (Å²) < 4.78 is 31.7. The molecule has 0 spiro atoms. The lowest BCUT2D eigenvalue weighted by molar-refractivity contribution is -0.192. The number of halogens is 3. The van der Waals surface area contributed by atoms with Gasteiger partial charge in [-0.25, -0.2) is 14.8 Å². The van der Waals surface area contributed by atoms with Crippen molar-refractivity contribution in [3.63, 3.8) is 0 Å². The second-order valence-corrected chi connectivity index (χ2v) is 7.67. The summed E-state index contributed by atoms with van der Waals surface area (Å²) in [4.78, 5) is 21.2. The number of aromatic nitrogens is 7. The number of carboxylic acids is 1. The molecule has 1 atom stereocenters. The van der Waals surface area contributed by atoms with Crippen molar-refractivity contribution < 1.29 is 28.2 Å². The minimum absolute atomic E-state index is 0.0235. The van der Waals surface area contributed by atoms with E-state index in [-0.39, 0.29) is 5.75 Å². The predicted octanol–water partition coefficient (Wildman–Crippen LogP) is 1.04. The van der Waals surface area contributed by atoms with Crippen LogP contribution < -0.4 is 10.2 Å². The molecule has 15 heteroatoms. The number of nitrogens with zero attached hydrogens (tertiary/aromatic N) is 8. The van der Waals surface area contributed by atoms with Crippen LogP contribution >= 0.6 is 0 Å². The van der Waals surface area contributed by atoms with E-state index in [2.05, 4.69) is 40.6 Å². The zero-order valence-corrected chi connectivity index (χ0v) is 17.6. The molecule has 3 aromatic heterocycles. The molecular formula is C19H20F3N9O3. The maximum atomic E-state index is 10.6. The number of hydrogen-bond acceptors (Lipinski definition) is 10. The Labute approximate surface area is 190 Å². The summed E-state index contributed by atoms with van der Waals surface area (Å²) in [6.07, 6.45) is 3.81. The van der Waals surface area contributed by atoms with Crippen molar-refractivity contribution in [2.24, 2.45) is 5.92 Å². The van der Waals surface area contributed by atoms with Crippen molar-refractivity contribution in [1.82, 2.24) is 40.5 Å². The van der Waals surface area contributed by atoms with Crippen molar-refractivity contribution in [3.05, 3.63) is 30.9 Å². The molecule has 0 bridgehead atoms. The highest BCUT2D eigenvalue weighted by atomic mass is 19.4. The SMILES string of the molecule is O=C(O)C(F)(F)F.Oc1cc(-n2nccn2)cnc1-c1cnc(N2CCN[C@@H](C3CC3)C2)nn1. The molecule has 180 valence electrons. The number of aliphatic carboxylic acids is 1. The fourth-order valence-corrected chi connectivity index (χ4v) is 3.39. The Morgan fingerprint density at radius 3 is 2.38 bits per heavy atom. The molecule has 4 heterocycles. The van der Waals surface area contributed by atoms with Crippen molar-refractivity contribution in [2.45, 2.75) is 25.1 Å². The van der Waals surface area contributed by atoms with E-state index in [1.807, 2.05) is 0 Å². The maximum absolute atomic E-state index is 10.6. The Morgan fingerprint density at radius 2 is 1.82 bits per heavy atom. The van der Waals surface area contributed by atoms with Crippen LogP contribution in [0, 0.1) is 5.92 Å². The summed E-state index contributed by atoms with van der Waals surface area (Å²) in [6.45, 7) is 2.69. The molecule has 34 heavy (non-hydrogen) atoms. The summed E-state index contributed by atoms with van der Waals surface area (Å²) in [6, 6.07) is 2.05. The van der Waals surface area contributed by atoms with Crippen LogP contribution in [0.4, 0.5) is 19.1 Å².